The van der Waals surface area contributed by atoms with Crippen molar-refractivity contribution in [2.45, 2.75) is 90.6 Å². The van der Waals surface area contributed by atoms with E-state index in [9.17, 15) is 24.3 Å². The van der Waals surface area contributed by atoms with E-state index in [1.165, 1.54) is 20.3 Å². The lowest BCUT2D eigenvalue weighted by molar-refractivity contribution is -0.120. The Balaban J connectivity index is 2.54. The zero-order chi connectivity index (χ0) is 34.4. The number of fused-ring (bicyclic) bond motifs is 2. The van der Waals surface area contributed by atoms with Gasteiger partial charge in [-0.2, -0.15) is 0 Å². The molecular weight excluding hydrogens is 592 g/mol. The van der Waals surface area contributed by atoms with Crippen molar-refractivity contribution in [3.8, 4) is 0 Å². The minimum Gasteiger partial charge on any atom is -0.439 e. The van der Waals surface area contributed by atoms with E-state index < -0.39 is 53.9 Å². The van der Waals surface area contributed by atoms with Gasteiger partial charge in [-0.1, -0.05) is 51.0 Å². The number of unbranched alkanes of at least 4 members (excludes halogenated alkanes) is 3. The summed E-state index contributed by atoms with van der Waals surface area (Å²) in [7, 11) is 2.94. The Morgan fingerprint density at radius 1 is 1.09 bits per heavy atom. The van der Waals surface area contributed by atoms with Crippen LogP contribution in [-0.4, -0.2) is 80.4 Å². The number of aliphatic hydroxyl groups is 1. The standard InChI is InChI=1S/C34H52N4O8/c1-20-16-24-29(37-15-10-8-7-9-14-35)26(39)19-25(31(24)41)38-33(42)21(2)12-11-13-27(44-5)32(46-34(36)43)23(4)18-22(3)30(40)28(17-20)45-6/h11-13,18-20,22,27-28,30,32,37,40H,7-10,14-17,35H2,1-6H3,(H2,36,43)(H,38,42)/t20-,22+,27+,28+,30-,32?/m1/s1. The maximum absolute atomic E-state index is 13.8. The van der Waals surface area contributed by atoms with Crippen molar-refractivity contribution in [2.24, 2.45) is 23.3 Å². The van der Waals surface area contributed by atoms with Crippen LogP contribution in [0.1, 0.15) is 66.2 Å². The average Bonchev–Trinajstić information content (AvgIpc) is 3.01. The summed E-state index contributed by atoms with van der Waals surface area (Å²) < 4.78 is 16.7. The Morgan fingerprint density at radius 2 is 1.78 bits per heavy atom. The lowest BCUT2D eigenvalue weighted by Gasteiger charge is -2.30. The fraction of sp³-hybridized carbons (Fsp3) is 0.588. The van der Waals surface area contributed by atoms with Gasteiger partial charge >= 0.3 is 6.09 Å². The molecule has 46 heavy (non-hydrogen) atoms. The number of aliphatic hydroxyl groups excluding tert-OH is 1. The van der Waals surface area contributed by atoms with E-state index in [2.05, 4.69) is 10.6 Å². The Kier molecular flexibility index (Phi) is 16.1. The number of ether oxygens (including phenoxy) is 3. The number of Topliss-reactive ketones (excluding diaryl/α,β-unsaturated/α-hetero) is 1. The molecule has 0 spiro atoms. The second-order valence-corrected chi connectivity index (χ2v) is 12.1. The van der Waals surface area contributed by atoms with Crippen molar-refractivity contribution in [3.05, 3.63) is 58.5 Å². The van der Waals surface area contributed by atoms with E-state index in [-0.39, 0.29) is 34.9 Å². The summed E-state index contributed by atoms with van der Waals surface area (Å²) >= 11 is 0. The molecule has 7 N–H and O–H groups in total. The number of hydrogen-bond acceptors (Lipinski definition) is 10. The van der Waals surface area contributed by atoms with Gasteiger partial charge in [0.15, 0.2) is 6.10 Å². The van der Waals surface area contributed by atoms with Crippen LogP contribution in [0.5, 0.6) is 0 Å². The van der Waals surface area contributed by atoms with Crippen molar-refractivity contribution in [2.75, 3.05) is 27.3 Å². The number of carbonyl (C=O) groups excluding carboxylic acids is 4. The number of nitrogens with two attached hydrogens (primary N) is 2. The smallest absolute Gasteiger partial charge is 0.405 e. The fourth-order valence-corrected chi connectivity index (χ4v) is 5.61. The van der Waals surface area contributed by atoms with E-state index in [0.29, 0.717) is 25.1 Å². The summed E-state index contributed by atoms with van der Waals surface area (Å²) in [5.41, 5.74) is 12.2. The van der Waals surface area contributed by atoms with Gasteiger partial charge in [-0.25, -0.2) is 4.79 Å². The van der Waals surface area contributed by atoms with Crippen molar-refractivity contribution in [3.63, 3.8) is 0 Å². The van der Waals surface area contributed by atoms with Crippen molar-refractivity contribution in [1.82, 2.24) is 10.6 Å². The van der Waals surface area contributed by atoms with Gasteiger partial charge in [-0.15, -0.1) is 0 Å². The van der Waals surface area contributed by atoms with Crippen LogP contribution in [-0.2, 0) is 28.6 Å². The first-order valence-corrected chi connectivity index (χ1v) is 15.9. The molecule has 0 saturated carbocycles. The van der Waals surface area contributed by atoms with Crippen molar-refractivity contribution in [1.29, 1.82) is 0 Å². The molecule has 0 fully saturated rings. The highest BCUT2D eigenvalue weighted by Gasteiger charge is 2.33. The molecule has 0 aromatic rings. The maximum Gasteiger partial charge on any atom is 0.405 e. The molecule has 6 atom stereocenters. The molecule has 2 bridgehead atoms. The zero-order valence-electron chi connectivity index (χ0n) is 28.0. The van der Waals surface area contributed by atoms with Gasteiger partial charge in [-0.05, 0) is 57.6 Å². The third-order valence-corrected chi connectivity index (χ3v) is 8.23. The number of nitrogens with one attached hydrogen (secondary N) is 2. The molecule has 0 radical (unpaired) electrons. The third-order valence-electron chi connectivity index (χ3n) is 8.23. The Bertz CT molecular complexity index is 1250. The number of methoxy groups -OCH3 is 2. The number of allylic oxidation sites excluding steroid dienone is 4. The first kappa shape index (κ1) is 38.6. The van der Waals surface area contributed by atoms with E-state index >= 15 is 0 Å². The number of amides is 2. The average molecular weight is 645 g/mol. The van der Waals surface area contributed by atoms with Crippen LogP contribution in [0.2, 0.25) is 0 Å². The monoisotopic (exact) mass is 644 g/mol. The van der Waals surface area contributed by atoms with E-state index in [0.717, 1.165) is 31.8 Å². The molecule has 1 unspecified atom stereocenters. The van der Waals surface area contributed by atoms with Crippen LogP contribution in [0.3, 0.4) is 0 Å². The molecule has 0 aromatic carbocycles. The first-order valence-electron chi connectivity index (χ1n) is 15.9. The quantitative estimate of drug-likeness (QED) is 0.134. The summed E-state index contributed by atoms with van der Waals surface area (Å²) in [4.78, 5) is 52.0. The van der Waals surface area contributed by atoms with Gasteiger partial charge in [0.2, 0.25) is 11.6 Å². The molecule has 1 heterocycles. The number of ketones is 2. The van der Waals surface area contributed by atoms with E-state index in [4.69, 9.17) is 25.7 Å². The molecule has 0 saturated heterocycles. The van der Waals surface area contributed by atoms with Crippen LogP contribution in [0, 0.1) is 11.8 Å². The van der Waals surface area contributed by atoms with Gasteiger partial charge in [0.1, 0.15) is 6.10 Å². The molecule has 1 aliphatic carbocycles. The fourth-order valence-electron chi connectivity index (χ4n) is 5.61. The summed E-state index contributed by atoms with van der Waals surface area (Å²) in [5.74, 6) is -2.04. The molecule has 1 aliphatic heterocycles. The SMILES string of the molecule is CO[C@H]1C=CC=C(C)C(=O)NC2=CC(=O)C(NCCCCCCN)=C(C[C@@H](C)C[C@H](OC)[C@H](O)[C@@H](C)C=C(C)C1OC(N)=O)C2=O. The topological polar surface area (TPSA) is 192 Å². The minimum atomic E-state index is -0.997. The van der Waals surface area contributed by atoms with Gasteiger partial charge in [0.25, 0.3) is 5.91 Å². The molecular formula is C34H52N4O8. The van der Waals surface area contributed by atoms with Crippen molar-refractivity contribution < 1.29 is 38.5 Å². The number of primary amides is 1. The van der Waals surface area contributed by atoms with Gasteiger partial charge in [0, 0.05) is 43.9 Å². The summed E-state index contributed by atoms with van der Waals surface area (Å²) in [6, 6.07) is 0. The first-order chi connectivity index (χ1) is 21.8. The highest BCUT2D eigenvalue weighted by Crippen LogP contribution is 2.29. The molecule has 12 nitrogen and oxygen atoms in total. The van der Waals surface area contributed by atoms with Gasteiger partial charge in [-0.3, -0.25) is 14.4 Å². The lowest BCUT2D eigenvalue weighted by Crippen LogP contribution is -2.38. The second kappa shape index (κ2) is 19.2. The zero-order valence-corrected chi connectivity index (χ0v) is 28.0. The van der Waals surface area contributed by atoms with Crippen molar-refractivity contribution >= 4 is 23.6 Å². The van der Waals surface area contributed by atoms with E-state index in [1.54, 1.807) is 32.1 Å². The van der Waals surface area contributed by atoms with Crippen LogP contribution < -0.4 is 22.1 Å². The third kappa shape index (κ3) is 11.3. The van der Waals surface area contributed by atoms with Gasteiger partial charge < -0.3 is 41.4 Å². The largest absolute Gasteiger partial charge is 0.439 e. The number of rotatable bonds is 10. The summed E-state index contributed by atoms with van der Waals surface area (Å²) in [6.45, 7) is 8.17. The molecule has 2 aliphatic rings. The molecule has 256 valence electrons. The van der Waals surface area contributed by atoms with Crippen LogP contribution in [0.15, 0.2) is 58.5 Å². The predicted octanol–water partition coefficient (Wildman–Crippen LogP) is 2.87. The highest BCUT2D eigenvalue weighted by molar-refractivity contribution is 6.23. The minimum absolute atomic E-state index is 0.109. The Morgan fingerprint density at radius 3 is 2.41 bits per heavy atom. The molecule has 12 heteroatoms. The van der Waals surface area contributed by atoms with Crippen LogP contribution in [0.4, 0.5) is 4.79 Å². The highest BCUT2D eigenvalue weighted by atomic mass is 16.6. The van der Waals surface area contributed by atoms with Gasteiger partial charge in [0.05, 0.1) is 23.6 Å². The lowest BCUT2D eigenvalue weighted by atomic mass is 9.85. The summed E-state index contributed by atoms with van der Waals surface area (Å²) in [6.07, 6.45) is 7.54. The maximum atomic E-state index is 13.8. The molecule has 2 amide bonds. The Labute approximate surface area is 272 Å². The number of hydrogen-bond donors (Lipinski definition) is 5. The van der Waals surface area contributed by atoms with Crippen LogP contribution >= 0.6 is 0 Å². The Hall–Kier alpha value is -3.58. The second-order valence-electron chi connectivity index (χ2n) is 12.1. The summed E-state index contributed by atoms with van der Waals surface area (Å²) in [5, 5.41) is 17.1. The molecule has 2 rings (SSSR count). The number of carbonyl (C=O) groups is 4. The van der Waals surface area contributed by atoms with E-state index in [1.807, 2.05) is 13.8 Å². The molecule has 0 aromatic heterocycles. The van der Waals surface area contributed by atoms with Crippen LogP contribution in [0.25, 0.3) is 0 Å². The normalized spacial score (nSPS) is 27.0. The predicted molar refractivity (Wildman–Crippen MR) is 175 cm³/mol.